The summed E-state index contributed by atoms with van der Waals surface area (Å²) in [5, 5.41) is 0. The highest BCUT2D eigenvalue weighted by atomic mass is 127. The first-order chi connectivity index (χ1) is 8.87. The first-order valence-electron chi connectivity index (χ1n) is 5.65. The lowest BCUT2D eigenvalue weighted by atomic mass is 9.99. The summed E-state index contributed by atoms with van der Waals surface area (Å²) in [4.78, 5) is 13.5. The standard InChI is InChI=1S/C12H11F3INO2/c13-12(14,15)19-6-5-17-4-3-8-1-2-9(16)7-10(8)11(17)18/h1-2,7H,3-6H2. The molecule has 0 aliphatic carbocycles. The maximum absolute atomic E-state index is 12.1. The van der Waals surface area contributed by atoms with E-state index in [2.05, 4.69) is 27.3 Å². The molecular weight excluding hydrogens is 374 g/mol. The van der Waals surface area contributed by atoms with Crippen LogP contribution in [0.4, 0.5) is 13.2 Å². The molecule has 1 aromatic rings. The second-order valence-corrected chi connectivity index (χ2v) is 5.38. The van der Waals surface area contributed by atoms with Gasteiger partial charge in [0.1, 0.15) is 0 Å². The summed E-state index contributed by atoms with van der Waals surface area (Å²) in [6.45, 7) is -0.161. The summed E-state index contributed by atoms with van der Waals surface area (Å²) in [5.74, 6) is -0.231. The Morgan fingerprint density at radius 1 is 1.37 bits per heavy atom. The van der Waals surface area contributed by atoms with E-state index in [0.29, 0.717) is 18.5 Å². The van der Waals surface area contributed by atoms with Gasteiger partial charge in [0.25, 0.3) is 5.91 Å². The number of fused-ring (bicyclic) bond motifs is 1. The van der Waals surface area contributed by atoms with Gasteiger partial charge in [-0.1, -0.05) is 6.07 Å². The molecule has 1 amide bonds. The average molecular weight is 385 g/mol. The highest BCUT2D eigenvalue weighted by Gasteiger charge is 2.30. The van der Waals surface area contributed by atoms with Gasteiger partial charge in [-0.15, -0.1) is 13.2 Å². The van der Waals surface area contributed by atoms with Gasteiger partial charge in [0.05, 0.1) is 6.61 Å². The van der Waals surface area contributed by atoms with Crippen LogP contribution in [0.15, 0.2) is 18.2 Å². The molecule has 0 atom stereocenters. The molecular formula is C12H11F3INO2. The van der Waals surface area contributed by atoms with Gasteiger partial charge in [0, 0.05) is 22.2 Å². The molecule has 7 heteroatoms. The molecule has 1 aliphatic rings. The highest BCUT2D eigenvalue weighted by Crippen LogP contribution is 2.22. The zero-order valence-corrected chi connectivity index (χ0v) is 12.0. The lowest BCUT2D eigenvalue weighted by Gasteiger charge is -2.28. The van der Waals surface area contributed by atoms with Gasteiger partial charge < -0.3 is 4.90 Å². The fourth-order valence-electron chi connectivity index (χ4n) is 1.98. The number of amides is 1. The smallest absolute Gasteiger partial charge is 0.336 e. The van der Waals surface area contributed by atoms with Crippen LogP contribution in [-0.4, -0.2) is 36.9 Å². The molecule has 1 aromatic carbocycles. The number of carbonyl (C=O) groups excluding carboxylic acids is 1. The van der Waals surface area contributed by atoms with E-state index in [4.69, 9.17) is 0 Å². The number of hydrogen-bond acceptors (Lipinski definition) is 2. The van der Waals surface area contributed by atoms with Crippen LogP contribution >= 0.6 is 22.6 Å². The molecule has 0 unspecified atom stereocenters. The van der Waals surface area contributed by atoms with E-state index >= 15 is 0 Å². The topological polar surface area (TPSA) is 29.5 Å². The van der Waals surface area contributed by atoms with Crippen LogP contribution in [0.25, 0.3) is 0 Å². The molecule has 1 aliphatic heterocycles. The molecule has 0 radical (unpaired) electrons. The van der Waals surface area contributed by atoms with Crippen LogP contribution in [0.2, 0.25) is 0 Å². The van der Waals surface area contributed by atoms with Crippen molar-refractivity contribution in [2.45, 2.75) is 12.8 Å². The van der Waals surface area contributed by atoms with Crippen molar-refractivity contribution < 1.29 is 22.7 Å². The van der Waals surface area contributed by atoms with Crippen molar-refractivity contribution in [1.29, 1.82) is 0 Å². The number of benzene rings is 1. The SMILES string of the molecule is O=C1c2cc(I)ccc2CCN1CCOC(F)(F)F. The molecule has 104 valence electrons. The zero-order chi connectivity index (χ0) is 14.0. The fraction of sp³-hybridized carbons (Fsp3) is 0.417. The summed E-state index contributed by atoms with van der Waals surface area (Å²) < 4.78 is 40.2. The van der Waals surface area contributed by atoms with Crippen molar-refractivity contribution in [2.24, 2.45) is 0 Å². The van der Waals surface area contributed by atoms with Crippen LogP contribution in [0.1, 0.15) is 15.9 Å². The molecule has 0 fully saturated rings. The summed E-state index contributed by atoms with van der Waals surface area (Å²) in [6.07, 6.45) is -3.99. The monoisotopic (exact) mass is 385 g/mol. The quantitative estimate of drug-likeness (QED) is 0.750. The third-order valence-corrected chi connectivity index (χ3v) is 3.54. The minimum Gasteiger partial charge on any atom is -0.336 e. The van der Waals surface area contributed by atoms with Crippen molar-refractivity contribution in [2.75, 3.05) is 19.7 Å². The lowest BCUT2D eigenvalue weighted by molar-refractivity contribution is -0.324. The summed E-state index contributed by atoms with van der Waals surface area (Å²) in [7, 11) is 0. The van der Waals surface area contributed by atoms with E-state index in [1.54, 1.807) is 6.07 Å². The van der Waals surface area contributed by atoms with Gasteiger partial charge >= 0.3 is 6.36 Å². The Morgan fingerprint density at radius 3 is 2.79 bits per heavy atom. The van der Waals surface area contributed by atoms with Crippen molar-refractivity contribution in [1.82, 2.24) is 4.90 Å². The fourth-order valence-corrected chi connectivity index (χ4v) is 2.47. The Labute approximate surface area is 121 Å². The van der Waals surface area contributed by atoms with Crippen LogP contribution in [0.5, 0.6) is 0 Å². The van der Waals surface area contributed by atoms with Crippen LogP contribution < -0.4 is 0 Å². The maximum Gasteiger partial charge on any atom is 0.522 e. The first kappa shape index (κ1) is 14.6. The Hall–Kier alpha value is -0.830. The molecule has 0 bridgehead atoms. The number of hydrogen-bond donors (Lipinski definition) is 0. The lowest BCUT2D eigenvalue weighted by Crippen LogP contribution is -2.40. The number of halogens is 4. The number of alkyl halides is 3. The third-order valence-electron chi connectivity index (χ3n) is 2.87. The number of carbonyl (C=O) groups is 1. The number of nitrogens with zero attached hydrogens (tertiary/aromatic N) is 1. The van der Waals surface area contributed by atoms with Crippen molar-refractivity contribution >= 4 is 28.5 Å². The summed E-state index contributed by atoms with van der Waals surface area (Å²) in [6, 6.07) is 5.56. The first-order valence-corrected chi connectivity index (χ1v) is 6.73. The number of ether oxygens (including phenoxy) is 1. The number of rotatable bonds is 3. The molecule has 0 aromatic heterocycles. The minimum atomic E-state index is -4.65. The van der Waals surface area contributed by atoms with Gasteiger partial charge in [-0.2, -0.15) is 0 Å². The summed E-state index contributed by atoms with van der Waals surface area (Å²) in [5.41, 5.74) is 1.52. The molecule has 0 spiro atoms. The van der Waals surface area contributed by atoms with Crippen molar-refractivity contribution in [3.05, 3.63) is 32.9 Å². The maximum atomic E-state index is 12.1. The van der Waals surface area contributed by atoms with E-state index in [1.165, 1.54) is 4.90 Å². The zero-order valence-electron chi connectivity index (χ0n) is 9.84. The van der Waals surface area contributed by atoms with Gasteiger partial charge in [-0.3, -0.25) is 9.53 Å². The third kappa shape index (κ3) is 3.82. The normalized spacial score (nSPS) is 15.6. The van der Waals surface area contributed by atoms with Gasteiger partial charge in [0.2, 0.25) is 0 Å². The molecule has 1 heterocycles. The van der Waals surface area contributed by atoms with Gasteiger partial charge in [-0.05, 0) is 46.7 Å². The van der Waals surface area contributed by atoms with E-state index in [0.717, 1.165) is 9.13 Å². The molecule has 3 nitrogen and oxygen atoms in total. The Morgan fingerprint density at radius 2 is 2.11 bits per heavy atom. The predicted octanol–water partition coefficient (Wildman–Crippen LogP) is 2.83. The van der Waals surface area contributed by atoms with Crippen LogP contribution in [0.3, 0.4) is 0 Å². The van der Waals surface area contributed by atoms with Gasteiger partial charge in [-0.25, -0.2) is 0 Å². The summed E-state index contributed by atoms with van der Waals surface area (Å²) >= 11 is 2.10. The van der Waals surface area contributed by atoms with Crippen LogP contribution in [-0.2, 0) is 11.2 Å². The van der Waals surface area contributed by atoms with E-state index in [9.17, 15) is 18.0 Å². The molecule has 2 rings (SSSR count). The Bertz CT molecular complexity index is 490. The second-order valence-electron chi connectivity index (χ2n) is 4.14. The Kier molecular flexibility index (Phi) is 4.34. The van der Waals surface area contributed by atoms with E-state index < -0.39 is 13.0 Å². The molecule has 0 saturated carbocycles. The van der Waals surface area contributed by atoms with E-state index in [-0.39, 0.29) is 12.5 Å². The average Bonchev–Trinajstić information content (AvgIpc) is 2.31. The molecule has 0 N–H and O–H groups in total. The minimum absolute atomic E-state index is 0.0523. The van der Waals surface area contributed by atoms with E-state index in [1.807, 2.05) is 12.1 Å². The van der Waals surface area contributed by atoms with Gasteiger partial charge in [0.15, 0.2) is 0 Å². The van der Waals surface area contributed by atoms with Crippen molar-refractivity contribution in [3.63, 3.8) is 0 Å². The molecule has 19 heavy (non-hydrogen) atoms. The highest BCUT2D eigenvalue weighted by molar-refractivity contribution is 14.1. The Balaban J connectivity index is 2.01. The van der Waals surface area contributed by atoms with Crippen LogP contribution in [0, 0.1) is 3.57 Å². The predicted molar refractivity (Wildman–Crippen MR) is 70.8 cm³/mol. The van der Waals surface area contributed by atoms with Crippen molar-refractivity contribution in [3.8, 4) is 0 Å². The molecule has 0 saturated heterocycles. The second kappa shape index (κ2) is 5.66. The largest absolute Gasteiger partial charge is 0.522 e.